The van der Waals surface area contributed by atoms with Crippen LogP contribution in [0.3, 0.4) is 0 Å². The van der Waals surface area contributed by atoms with Crippen LogP contribution in [0, 0.1) is 0 Å². The van der Waals surface area contributed by atoms with Crippen LogP contribution in [0.25, 0.3) is 0 Å². The molecule has 0 spiro atoms. The Morgan fingerprint density at radius 3 is 2.48 bits per heavy atom. The largest absolute Gasteiger partial charge is 0.489 e. The Balaban J connectivity index is 1.47. The number of hydrogen-bond donors (Lipinski definition) is 0. The molecule has 1 unspecified atom stereocenters. The molecule has 2 aromatic carbocycles. The van der Waals surface area contributed by atoms with Crippen LogP contribution in [-0.2, 0) is 16.1 Å². The van der Waals surface area contributed by atoms with E-state index < -0.39 is 5.97 Å². The van der Waals surface area contributed by atoms with Gasteiger partial charge < -0.3 is 14.4 Å². The van der Waals surface area contributed by atoms with E-state index in [2.05, 4.69) is 0 Å². The van der Waals surface area contributed by atoms with Gasteiger partial charge in [0.2, 0.25) is 0 Å². The Morgan fingerprint density at radius 2 is 1.78 bits per heavy atom. The molecule has 1 aliphatic rings. The molecule has 142 valence electrons. The van der Waals surface area contributed by atoms with Gasteiger partial charge in [-0.15, -0.1) is 0 Å². The third-order valence-corrected chi connectivity index (χ3v) is 4.79. The third-order valence-electron chi connectivity index (χ3n) is 4.79. The highest BCUT2D eigenvalue weighted by Crippen LogP contribution is 2.17. The van der Waals surface area contributed by atoms with E-state index >= 15 is 0 Å². The van der Waals surface area contributed by atoms with Crippen LogP contribution >= 0.6 is 0 Å². The molecule has 5 nitrogen and oxygen atoms in total. The minimum atomic E-state index is -0.498. The first-order chi connectivity index (χ1) is 13.1. The molecule has 0 saturated carbocycles. The van der Waals surface area contributed by atoms with Crippen molar-refractivity contribution in [2.24, 2.45) is 0 Å². The van der Waals surface area contributed by atoms with Crippen molar-refractivity contribution in [3.63, 3.8) is 0 Å². The second-order valence-electron chi connectivity index (χ2n) is 6.81. The van der Waals surface area contributed by atoms with Gasteiger partial charge in [0, 0.05) is 12.6 Å². The molecule has 1 aliphatic heterocycles. The standard InChI is InChI=1S/C22H25NO4/c1-17-7-5-6-14-23(17)21(24)16-27-22(25)19-10-12-20(13-11-19)26-15-18-8-3-2-4-9-18/h2-4,8-13,17H,5-7,14-16H2,1H3. The van der Waals surface area contributed by atoms with Gasteiger partial charge in [-0.1, -0.05) is 30.3 Å². The number of carbonyl (C=O) groups is 2. The summed E-state index contributed by atoms with van der Waals surface area (Å²) in [4.78, 5) is 26.2. The second-order valence-corrected chi connectivity index (χ2v) is 6.81. The molecule has 2 aromatic rings. The number of nitrogens with zero attached hydrogens (tertiary/aromatic N) is 1. The van der Waals surface area contributed by atoms with Crippen molar-refractivity contribution in [1.82, 2.24) is 4.90 Å². The normalized spacial score (nSPS) is 16.6. The van der Waals surface area contributed by atoms with Crippen LogP contribution in [0.4, 0.5) is 0 Å². The zero-order chi connectivity index (χ0) is 19.1. The van der Waals surface area contributed by atoms with E-state index in [1.165, 1.54) is 0 Å². The van der Waals surface area contributed by atoms with Crippen LogP contribution < -0.4 is 4.74 Å². The van der Waals surface area contributed by atoms with E-state index in [9.17, 15) is 9.59 Å². The summed E-state index contributed by atoms with van der Waals surface area (Å²) < 4.78 is 10.9. The molecule has 0 N–H and O–H groups in total. The highest BCUT2D eigenvalue weighted by atomic mass is 16.5. The second kappa shape index (κ2) is 9.21. The highest BCUT2D eigenvalue weighted by molar-refractivity contribution is 5.91. The van der Waals surface area contributed by atoms with Crippen molar-refractivity contribution < 1.29 is 19.1 Å². The predicted octanol–water partition coefficient (Wildman–Crippen LogP) is 3.82. The smallest absolute Gasteiger partial charge is 0.338 e. The predicted molar refractivity (Wildman–Crippen MR) is 103 cm³/mol. The average molecular weight is 367 g/mol. The van der Waals surface area contributed by atoms with Gasteiger partial charge in [-0.25, -0.2) is 4.79 Å². The molecule has 0 aliphatic carbocycles. The Kier molecular flexibility index (Phi) is 6.47. The first-order valence-corrected chi connectivity index (χ1v) is 9.37. The number of hydrogen-bond acceptors (Lipinski definition) is 4. The Bertz CT molecular complexity index is 758. The summed E-state index contributed by atoms with van der Waals surface area (Å²) in [7, 11) is 0. The van der Waals surface area contributed by atoms with Gasteiger partial charge >= 0.3 is 5.97 Å². The first kappa shape index (κ1) is 19.0. The van der Waals surface area contributed by atoms with Crippen molar-refractivity contribution in [2.75, 3.05) is 13.2 Å². The Labute approximate surface area is 159 Å². The number of amides is 1. The van der Waals surface area contributed by atoms with Gasteiger partial charge in [0.1, 0.15) is 12.4 Å². The summed E-state index contributed by atoms with van der Waals surface area (Å²) in [6.07, 6.45) is 3.15. The lowest BCUT2D eigenvalue weighted by Crippen LogP contribution is -2.44. The van der Waals surface area contributed by atoms with E-state index in [0.29, 0.717) is 17.9 Å². The topological polar surface area (TPSA) is 55.8 Å². The number of carbonyl (C=O) groups excluding carboxylic acids is 2. The van der Waals surface area contributed by atoms with Crippen molar-refractivity contribution in [3.8, 4) is 5.75 Å². The van der Waals surface area contributed by atoms with Gasteiger partial charge in [0.15, 0.2) is 6.61 Å². The van der Waals surface area contributed by atoms with Gasteiger partial charge in [0.05, 0.1) is 5.56 Å². The number of likely N-dealkylation sites (tertiary alicyclic amines) is 1. The van der Waals surface area contributed by atoms with Gasteiger partial charge in [0.25, 0.3) is 5.91 Å². The van der Waals surface area contributed by atoms with Crippen molar-refractivity contribution >= 4 is 11.9 Å². The number of ether oxygens (including phenoxy) is 2. The van der Waals surface area contributed by atoms with E-state index in [1.54, 1.807) is 29.2 Å². The van der Waals surface area contributed by atoms with Crippen LogP contribution in [0.1, 0.15) is 42.1 Å². The lowest BCUT2D eigenvalue weighted by Gasteiger charge is -2.33. The molecule has 0 radical (unpaired) electrons. The average Bonchev–Trinajstić information content (AvgIpc) is 2.72. The molecule has 1 saturated heterocycles. The third kappa shape index (κ3) is 5.33. The SMILES string of the molecule is CC1CCCCN1C(=O)COC(=O)c1ccc(OCc2ccccc2)cc1. The monoisotopic (exact) mass is 367 g/mol. The molecule has 3 rings (SSSR count). The number of rotatable bonds is 6. The van der Waals surface area contributed by atoms with Crippen LogP contribution in [0.2, 0.25) is 0 Å². The zero-order valence-corrected chi connectivity index (χ0v) is 15.6. The molecule has 1 amide bonds. The van der Waals surface area contributed by atoms with Crippen LogP contribution in [-0.4, -0.2) is 36.0 Å². The van der Waals surface area contributed by atoms with Gasteiger partial charge in [-0.3, -0.25) is 4.79 Å². The van der Waals surface area contributed by atoms with Crippen LogP contribution in [0.5, 0.6) is 5.75 Å². The maximum atomic E-state index is 12.2. The quantitative estimate of drug-likeness (QED) is 0.728. The van der Waals surface area contributed by atoms with E-state index in [-0.39, 0.29) is 18.6 Å². The number of piperidine rings is 1. The van der Waals surface area contributed by atoms with E-state index in [1.807, 2.05) is 37.3 Å². The number of benzene rings is 2. The lowest BCUT2D eigenvalue weighted by molar-refractivity contribution is -0.137. The summed E-state index contributed by atoms with van der Waals surface area (Å²) in [5, 5.41) is 0. The minimum absolute atomic E-state index is 0.127. The fraction of sp³-hybridized carbons (Fsp3) is 0.364. The molecular weight excluding hydrogens is 342 g/mol. The fourth-order valence-corrected chi connectivity index (χ4v) is 3.19. The van der Waals surface area contributed by atoms with Gasteiger partial charge in [-0.2, -0.15) is 0 Å². The summed E-state index contributed by atoms with van der Waals surface area (Å²) in [6, 6.07) is 16.8. The molecule has 0 aromatic heterocycles. The van der Waals surface area contributed by atoms with Gasteiger partial charge in [-0.05, 0) is 56.0 Å². The molecule has 5 heteroatoms. The molecular formula is C22H25NO4. The van der Waals surface area contributed by atoms with E-state index in [0.717, 1.165) is 31.4 Å². The number of esters is 1. The summed E-state index contributed by atoms with van der Waals surface area (Å²) >= 11 is 0. The van der Waals surface area contributed by atoms with Crippen LogP contribution in [0.15, 0.2) is 54.6 Å². The fourth-order valence-electron chi connectivity index (χ4n) is 3.19. The molecule has 1 fully saturated rings. The molecule has 1 heterocycles. The maximum Gasteiger partial charge on any atom is 0.338 e. The Morgan fingerprint density at radius 1 is 1.04 bits per heavy atom. The van der Waals surface area contributed by atoms with Crippen molar-refractivity contribution in [2.45, 2.75) is 38.8 Å². The summed E-state index contributed by atoms with van der Waals surface area (Å²) in [5.41, 5.74) is 1.48. The molecule has 27 heavy (non-hydrogen) atoms. The summed E-state index contributed by atoms with van der Waals surface area (Å²) in [6.45, 7) is 3.03. The maximum absolute atomic E-state index is 12.2. The highest BCUT2D eigenvalue weighted by Gasteiger charge is 2.24. The lowest BCUT2D eigenvalue weighted by atomic mass is 10.0. The molecule has 1 atom stereocenters. The van der Waals surface area contributed by atoms with Crippen molar-refractivity contribution in [1.29, 1.82) is 0 Å². The molecule has 0 bridgehead atoms. The Hall–Kier alpha value is -2.82. The van der Waals surface area contributed by atoms with E-state index in [4.69, 9.17) is 9.47 Å². The first-order valence-electron chi connectivity index (χ1n) is 9.37. The van der Waals surface area contributed by atoms with Crippen molar-refractivity contribution in [3.05, 3.63) is 65.7 Å². The zero-order valence-electron chi connectivity index (χ0n) is 15.6. The minimum Gasteiger partial charge on any atom is -0.489 e. The summed E-state index contributed by atoms with van der Waals surface area (Å²) in [5.74, 6) is 0.0506.